The zero-order chi connectivity index (χ0) is 16.8. The molecule has 22 heavy (non-hydrogen) atoms. The average Bonchev–Trinajstić information content (AvgIpc) is 2.44. The molecule has 0 saturated carbocycles. The van der Waals surface area contributed by atoms with Crippen LogP contribution in [0.4, 0.5) is 4.79 Å². The minimum Gasteiger partial charge on any atom is -0.444 e. The van der Waals surface area contributed by atoms with Crippen molar-refractivity contribution in [1.29, 1.82) is 0 Å². The maximum absolute atomic E-state index is 11.7. The van der Waals surface area contributed by atoms with Crippen LogP contribution >= 0.6 is 0 Å². The molecule has 0 radical (unpaired) electrons. The van der Waals surface area contributed by atoms with Gasteiger partial charge in [-0.05, 0) is 56.9 Å². The molecule has 0 heterocycles. The number of hydrogen-bond donors (Lipinski definition) is 1. The molecule has 3 nitrogen and oxygen atoms in total. The van der Waals surface area contributed by atoms with Gasteiger partial charge >= 0.3 is 6.09 Å². The van der Waals surface area contributed by atoms with Crippen molar-refractivity contribution in [3.63, 3.8) is 0 Å². The number of alkyl carbamates (subject to hydrolysis) is 1. The second kappa shape index (κ2) is 7.83. The van der Waals surface area contributed by atoms with E-state index in [1.165, 1.54) is 5.57 Å². The third-order valence-corrected chi connectivity index (χ3v) is 3.27. The van der Waals surface area contributed by atoms with Crippen molar-refractivity contribution in [2.24, 2.45) is 0 Å². The van der Waals surface area contributed by atoms with Gasteiger partial charge < -0.3 is 10.1 Å². The molecule has 1 N–H and O–H groups in total. The van der Waals surface area contributed by atoms with Crippen molar-refractivity contribution in [1.82, 2.24) is 5.32 Å². The second-order valence-corrected chi connectivity index (χ2v) is 6.31. The fraction of sp³-hybridized carbons (Fsp3) is 0.421. The molecule has 120 valence electrons. The van der Waals surface area contributed by atoms with Gasteiger partial charge in [0.25, 0.3) is 0 Å². The summed E-state index contributed by atoms with van der Waals surface area (Å²) in [6.07, 6.45) is 2.48. The Balaban J connectivity index is 2.81. The summed E-state index contributed by atoms with van der Waals surface area (Å²) in [5.41, 5.74) is 4.13. The third kappa shape index (κ3) is 5.76. The highest BCUT2D eigenvalue weighted by Gasteiger charge is 2.15. The van der Waals surface area contributed by atoms with Gasteiger partial charge in [0, 0.05) is 6.54 Å². The fourth-order valence-corrected chi connectivity index (χ4v) is 2.07. The van der Waals surface area contributed by atoms with Crippen LogP contribution in [0.5, 0.6) is 0 Å². The second-order valence-electron chi connectivity index (χ2n) is 6.31. The molecule has 0 aliphatic rings. The Hall–Kier alpha value is -2.03. The number of benzene rings is 1. The van der Waals surface area contributed by atoms with E-state index < -0.39 is 11.7 Å². The zero-order valence-electron chi connectivity index (χ0n) is 14.3. The molecule has 0 aromatic heterocycles. The molecule has 0 unspecified atom stereocenters. The predicted octanol–water partition coefficient (Wildman–Crippen LogP) is 5.08. The summed E-state index contributed by atoms with van der Waals surface area (Å²) in [7, 11) is 0. The first-order valence-electron chi connectivity index (χ1n) is 7.65. The van der Waals surface area contributed by atoms with Crippen molar-refractivity contribution in [2.45, 2.75) is 53.2 Å². The van der Waals surface area contributed by atoms with E-state index in [2.05, 4.69) is 37.9 Å². The van der Waals surface area contributed by atoms with Gasteiger partial charge in [-0.25, -0.2) is 4.79 Å². The quantitative estimate of drug-likeness (QED) is 0.770. The highest BCUT2D eigenvalue weighted by molar-refractivity contribution is 5.76. The number of rotatable bonds is 5. The summed E-state index contributed by atoms with van der Waals surface area (Å²) >= 11 is 0. The Morgan fingerprint density at radius 2 is 2.05 bits per heavy atom. The molecule has 0 spiro atoms. The van der Waals surface area contributed by atoms with E-state index >= 15 is 0 Å². The van der Waals surface area contributed by atoms with Crippen LogP contribution in [0.3, 0.4) is 0 Å². The minimum absolute atomic E-state index is 0.401. The van der Waals surface area contributed by atoms with E-state index in [1.54, 1.807) is 0 Å². The van der Waals surface area contributed by atoms with Crippen LogP contribution in [0.25, 0.3) is 5.57 Å². The molecule has 0 bridgehead atoms. The first-order valence-corrected chi connectivity index (χ1v) is 7.65. The number of nitrogens with one attached hydrogen (secondary N) is 1. The van der Waals surface area contributed by atoms with Crippen LogP contribution in [0.1, 0.15) is 52.2 Å². The van der Waals surface area contributed by atoms with Crippen molar-refractivity contribution in [3.8, 4) is 0 Å². The lowest BCUT2D eigenvalue weighted by molar-refractivity contribution is 0.0523. The lowest BCUT2D eigenvalue weighted by Crippen LogP contribution is -2.32. The molecule has 1 aromatic carbocycles. The van der Waals surface area contributed by atoms with Crippen molar-refractivity contribution < 1.29 is 9.53 Å². The van der Waals surface area contributed by atoms with Gasteiger partial charge in [-0.2, -0.15) is 0 Å². The van der Waals surface area contributed by atoms with E-state index in [1.807, 2.05) is 39.0 Å². The van der Waals surface area contributed by atoms with Gasteiger partial charge in [0.05, 0.1) is 0 Å². The summed E-state index contributed by atoms with van der Waals surface area (Å²) in [4.78, 5) is 11.7. The lowest BCUT2D eigenvalue weighted by Gasteiger charge is -2.19. The molecule has 0 atom stereocenters. The highest BCUT2D eigenvalue weighted by Crippen LogP contribution is 2.22. The maximum Gasteiger partial charge on any atom is 0.407 e. The average molecular weight is 301 g/mol. The van der Waals surface area contributed by atoms with Crippen LogP contribution < -0.4 is 5.32 Å². The van der Waals surface area contributed by atoms with Crippen molar-refractivity contribution >= 4 is 11.7 Å². The van der Waals surface area contributed by atoms with Gasteiger partial charge in [-0.15, -0.1) is 0 Å². The first-order chi connectivity index (χ1) is 10.3. The predicted molar refractivity (Wildman–Crippen MR) is 92.6 cm³/mol. The van der Waals surface area contributed by atoms with Gasteiger partial charge in [0.15, 0.2) is 0 Å². The number of hydrogen-bond acceptors (Lipinski definition) is 2. The smallest absolute Gasteiger partial charge is 0.407 e. The topological polar surface area (TPSA) is 38.3 Å². The molecule has 0 aliphatic carbocycles. The summed E-state index contributed by atoms with van der Waals surface area (Å²) in [6, 6.07) is 8.12. The summed E-state index contributed by atoms with van der Waals surface area (Å²) in [6.45, 7) is 14.1. The molecular weight excluding hydrogens is 274 g/mol. The monoisotopic (exact) mass is 301 g/mol. The van der Waals surface area contributed by atoms with E-state index in [0.29, 0.717) is 6.54 Å². The Bertz CT molecular complexity index is 565. The number of ether oxygens (including phenoxy) is 1. The van der Waals surface area contributed by atoms with E-state index in [9.17, 15) is 4.79 Å². The van der Waals surface area contributed by atoms with Crippen LogP contribution in [-0.4, -0.2) is 11.7 Å². The highest BCUT2D eigenvalue weighted by atomic mass is 16.6. The lowest BCUT2D eigenvalue weighted by atomic mass is 9.97. The Labute approximate surface area is 134 Å². The zero-order valence-corrected chi connectivity index (χ0v) is 14.3. The van der Waals surface area contributed by atoms with Gasteiger partial charge in [-0.1, -0.05) is 43.4 Å². The molecule has 3 heteroatoms. The van der Waals surface area contributed by atoms with E-state index in [0.717, 1.165) is 23.1 Å². The van der Waals surface area contributed by atoms with Crippen molar-refractivity contribution in [2.75, 3.05) is 0 Å². The standard InChI is InChI=1S/C19H27NO2/c1-7-14(3)17(8-2)16-11-9-10-15(12-16)13-20-18(21)22-19(4,5)6/h8-12H,2,7,13H2,1,3-6H3,(H,20,21)/b17-14+. The Morgan fingerprint density at radius 1 is 1.36 bits per heavy atom. The Morgan fingerprint density at radius 3 is 2.59 bits per heavy atom. The number of allylic oxidation sites excluding steroid dienone is 3. The molecule has 0 saturated heterocycles. The normalized spacial score (nSPS) is 12.4. The third-order valence-electron chi connectivity index (χ3n) is 3.27. The number of amides is 1. The van der Waals surface area contributed by atoms with Gasteiger partial charge in [-0.3, -0.25) is 0 Å². The molecule has 0 fully saturated rings. The van der Waals surface area contributed by atoms with E-state index in [-0.39, 0.29) is 0 Å². The largest absolute Gasteiger partial charge is 0.444 e. The van der Waals surface area contributed by atoms with Crippen LogP contribution in [-0.2, 0) is 11.3 Å². The summed E-state index contributed by atoms with van der Waals surface area (Å²) in [5, 5.41) is 2.78. The SMILES string of the molecule is C=C/C(=C(/C)CC)c1cccc(CNC(=O)OC(C)(C)C)c1. The minimum atomic E-state index is -0.483. The summed E-state index contributed by atoms with van der Waals surface area (Å²) in [5.74, 6) is 0. The first kappa shape index (κ1) is 18.0. The Kier molecular flexibility index (Phi) is 6.41. The molecular formula is C19H27NO2. The molecule has 1 aromatic rings. The fourth-order valence-electron chi connectivity index (χ4n) is 2.07. The van der Waals surface area contributed by atoms with Crippen LogP contribution in [0.15, 0.2) is 42.5 Å². The number of carbonyl (C=O) groups excluding carboxylic acids is 1. The van der Waals surface area contributed by atoms with Gasteiger partial charge in [0.2, 0.25) is 0 Å². The van der Waals surface area contributed by atoms with Crippen LogP contribution in [0, 0.1) is 0 Å². The van der Waals surface area contributed by atoms with Crippen LogP contribution in [0.2, 0.25) is 0 Å². The molecule has 0 aliphatic heterocycles. The van der Waals surface area contributed by atoms with Crippen molar-refractivity contribution in [3.05, 3.63) is 53.6 Å². The van der Waals surface area contributed by atoms with Gasteiger partial charge in [0.1, 0.15) is 5.60 Å². The molecule has 1 amide bonds. The number of carbonyl (C=O) groups is 1. The molecule has 1 rings (SSSR count). The van der Waals surface area contributed by atoms with E-state index in [4.69, 9.17) is 4.74 Å². The summed E-state index contributed by atoms with van der Waals surface area (Å²) < 4.78 is 5.24. The maximum atomic E-state index is 11.7.